The van der Waals surface area contributed by atoms with Gasteiger partial charge in [-0.2, -0.15) is 0 Å². The Bertz CT molecular complexity index is 740. The second-order valence-electron chi connectivity index (χ2n) is 5.53. The molecule has 4 heteroatoms. The van der Waals surface area contributed by atoms with Crippen LogP contribution in [-0.4, -0.2) is 15.0 Å². The van der Waals surface area contributed by atoms with Crippen LogP contribution in [0.5, 0.6) is 0 Å². The average molecular weight is 301 g/mol. The van der Waals surface area contributed by atoms with Crippen LogP contribution in [0.4, 0.5) is 0 Å². The molecule has 21 heavy (non-hydrogen) atoms. The van der Waals surface area contributed by atoms with Crippen molar-refractivity contribution in [2.24, 2.45) is 5.73 Å². The van der Waals surface area contributed by atoms with Gasteiger partial charge in [-0.25, -0.2) is 8.42 Å². The molecule has 0 aromatic heterocycles. The van der Waals surface area contributed by atoms with Gasteiger partial charge in [0.15, 0.2) is 9.84 Å². The molecule has 0 radical (unpaired) electrons. The molecule has 1 aliphatic rings. The van der Waals surface area contributed by atoms with E-state index < -0.39 is 14.6 Å². The third-order valence-corrected chi connectivity index (χ3v) is 6.94. The molecular formula is C17H19NO2S. The summed E-state index contributed by atoms with van der Waals surface area (Å²) in [6, 6.07) is 16.4. The minimum absolute atomic E-state index is 0.112. The normalized spacial score (nSPS) is 21.8. The number of hydrogen-bond donors (Lipinski definition) is 1. The fourth-order valence-corrected chi connectivity index (χ4v) is 5.40. The summed E-state index contributed by atoms with van der Waals surface area (Å²) in [4.78, 5) is 0.354. The summed E-state index contributed by atoms with van der Waals surface area (Å²) in [5.41, 5.74) is 7.98. The second-order valence-corrected chi connectivity index (χ2v) is 7.79. The minimum atomic E-state index is -3.51. The molecule has 0 spiro atoms. The van der Waals surface area contributed by atoms with Gasteiger partial charge in [-0.05, 0) is 42.5 Å². The maximum Gasteiger partial charge on any atom is 0.189 e. The van der Waals surface area contributed by atoms with E-state index in [1.165, 1.54) is 0 Å². The van der Waals surface area contributed by atoms with E-state index in [-0.39, 0.29) is 6.54 Å². The third kappa shape index (κ3) is 2.10. The highest BCUT2D eigenvalue weighted by molar-refractivity contribution is 7.92. The molecule has 0 saturated heterocycles. The van der Waals surface area contributed by atoms with E-state index in [9.17, 15) is 8.42 Å². The Labute approximate surface area is 125 Å². The summed E-state index contributed by atoms with van der Waals surface area (Å²) in [6.07, 6.45) is 2.35. The topological polar surface area (TPSA) is 60.2 Å². The van der Waals surface area contributed by atoms with Crippen molar-refractivity contribution < 1.29 is 8.42 Å². The van der Waals surface area contributed by atoms with Crippen molar-refractivity contribution in [3.05, 3.63) is 65.7 Å². The van der Waals surface area contributed by atoms with Crippen molar-refractivity contribution >= 4 is 9.84 Å². The van der Waals surface area contributed by atoms with Crippen LogP contribution in [0.25, 0.3) is 0 Å². The molecule has 3 rings (SSSR count). The lowest BCUT2D eigenvalue weighted by molar-refractivity contribution is 0.462. The van der Waals surface area contributed by atoms with E-state index in [0.717, 1.165) is 24.0 Å². The fraction of sp³-hybridized carbons (Fsp3) is 0.294. The SMILES string of the molecule is NCC1(S(=O)(=O)c2ccccc2)CCCc2ccccc21. The predicted molar refractivity (Wildman–Crippen MR) is 83.7 cm³/mol. The van der Waals surface area contributed by atoms with Gasteiger partial charge in [0.25, 0.3) is 0 Å². The zero-order valence-corrected chi connectivity index (χ0v) is 12.6. The molecule has 2 aromatic rings. The number of sulfone groups is 1. The first-order chi connectivity index (χ1) is 10.1. The highest BCUT2D eigenvalue weighted by Crippen LogP contribution is 2.43. The van der Waals surface area contributed by atoms with Gasteiger partial charge in [0.1, 0.15) is 4.75 Å². The van der Waals surface area contributed by atoms with E-state index in [2.05, 4.69) is 0 Å². The van der Waals surface area contributed by atoms with Crippen LogP contribution in [0.3, 0.4) is 0 Å². The van der Waals surface area contributed by atoms with Gasteiger partial charge in [-0.15, -0.1) is 0 Å². The molecule has 3 nitrogen and oxygen atoms in total. The Hall–Kier alpha value is -1.65. The van der Waals surface area contributed by atoms with Crippen LogP contribution in [-0.2, 0) is 21.0 Å². The quantitative estimate of drug-likeness (QED) is 0.948. The Morgan fingerprint density at radius 2 is 1.67 bits per heavy atom. The van der Waals surface area contributed by atoms with E-state index in [0.29, 0.717) is 11.3 Å². The Morgan fingerprint density at radius 1 is 1.00 bits per heavy atom. The molecule has 110 valence electrons. The summed E-state index contributed by atoms with van der Waals surface area (Å²) in [6.45, 7) is 0.112. The summed E-state index contributed by atoms with van der Waals surface area (Å²) in [5.74, 6) is 0. The predicted octanol–water partition coefficient (Wildman–Crippen LogP) is 2.65. The molecule has 1 atom stereocenters. The lowest BCUT2D eigenvalue weighted by Gasteiger charge is -2.37. The van der Waals surface area contributed by atoms with Crippen LogP contribution < -0.4 is 5.73 Å². The van der Waals surface area contributed by atoms with Crippen LogP contribution in [0.1, 0.15) is 24.0 Å². The number of fused-ring (bicyclic) bond motifs is 1. The van der Waals surface area contributed by atoms with Crippen molar-refractivity contribution in [3.63, 3.8) is 0 Å². The smallest absolute Gasteiger partial charge is 0.189 e. The Balaban J connectivity index is 2.24. The third-order valence-electron chi connectivity index (χ3n) is 4.43. The molecule has 2 aromatic carbocycles. The zero-order chi connectivity index (χ0) is 14.9. The monoisotopic (exact) mass is 301 g/mol. The molecule has 0 saturated carbocycles. The standard InChI is InChI=1S/C17H19NO2S/c18-13-17(21(19,20)15-9-2-1-3-10-15)12-6-8-14-7-4-5-11-16(14)17/h1-5,7,9-11H,6,8,12-13,18H2. The molecule has 0 aliphatic heterocycles. The van der Waals surface area contributed by atoms with Gasteiger partial charge in [-0.1, -0.05) is 42.5 Å². The molecule has 0 amide bonds. The maximum absolute atomic E-state index is 13.2. The highest BCUT2D eigenvalue weighted by Gasteiger charge is 2.47. The van der Waals surface area contributed by atoms with Gasteiger partial charge in [0, 0.05) is 6.54 Å². The summed E-state index contributed by atoms with van der Waals surface area (Å²) in [5, 5.41) is 0. The number of nitrogens with two attached hydrogens (primary N) is 1. The molecule has 0 bridgehead atoms. The molecule has 1 unspecified atom stereocenters. The highest BCUT2D eigenvalue weighted by atomic mass is 32.2. The van der Waals surface area contributed by atoms with Gasteiger partial charge in [0.05, 0.1) is 4.90 Å². The van der Waals surface area contributed by atoms with Crippen LogP contribution >= 0.6 is 0 Å². The van der Waals surface area contributed by atoms with Crippen molar-refractivity contribution in [3.8, 4) is 0 Å². The van der Waals surface area contributed by atoms with Crippen molar-refractivity contribution in [1.82, 2.24) is 0 Å². The van der Waals surface area contributed by atoms with Crippen LogP contribution in [0, 0.1) is 0 Å². The first-order valence-electron chi connectivity index (χ1n) is 7.20. The maximum atomic E-state index is 13.2. The molecule has 0 fully saturated rings. The van der Waals surface area contributed by atoms with Crippen LogP contribution in [0.2, 0.25) is 0 Å². The molecule has 1 aliphatic carbocycles. The molecule has 0 heterocycles. The summed E-state index contributed by atoms with van der Waals surface area (Å²) in [7, 11) is -3.51. The van der Waals surface area contributed by atoms with Crippen molar-refractivity contribution in [2.45, 2.75) is 28.9 Å². The lowest BCUT2D eigenvalue weighted by Crippen LogP contribution is -2.45. The van der Waals surface area contributed by atoms with Gasteiger partial charge in [-0.3, -0.25) is 0 Å². The summed E-state index contributed by atoms with van der Waals surface area (Å²) < 4.78 is 25.4. The Kier molecular flexibility index (Phi) is 3.59. The largest absolute Gasteiger partial charge is 0.329 e. The molecular weight excluding hydrogens is 282 g/mol. The number of hydrogen-bond acceptors (Lipinski definition) is 3. The van der Waals surface area contributed by atoms with E-state index in [1.807, 2.05) is 30.3 Å². The van der Waals surface area contributed by atoms with Gasteiger partial charge >= 0.3 is 0 Å². The summed E-state index contributed by atoms with van der Waals surface area (Å²) >= 11 is 0. The van der Waals surface area contributed by atoms with E-state index in [1.54, 1.807) is 24.3 Å². The van der Waals surface area contributed by atoms with Crippen LogP contribution in [0.15, 0.2) is 59.5 Å². The number of benzene rings is 2. The van der Waals surface area contributed by atoms with Gasteiger partial charge < -0.3 is 5.73 Å². The van der Waals surface area contributed by atoms with E-state index >= 15 is 0 Å². The molecule has 2 N–H and O–H groups in total. The van der Waals surface area contributed by atoms with Crippen molar-refractivity contribution in [1.29, 1.82) is 0 Å². The first kappa shape index (κ1) is 14.3. The minimum Gasteiger partial charge on any atom is -0.329 e. The van der Waals surface area contributed by atoms with Gasteiger partial charge in [0.2, 0.25) is 0 Å². The Morgan fingerprint density at radius 3 is 2.38 bits per heavy atom. The second kappa shape index (κ2) is 5.28. The lowest BCUT2D eigenvalue weighted by atomic mass is 9.82. The van der Waals surface area contributed by atoms with Crippen molar-refractivity contribution in [2.75, 3.05) is 6.54 Å². The average Bonchev–Trinajstić information content (AvgIpc) is 2.55. The number of aryl methyl sites for hydroxylation is 1. The number of rotatable bonds is 3. The van der Waals surface area contributed by atoms with E-state index in [4.69, 9.17) is 5.73 Å². The first-order valence-corrected chi connectivity index (χ1v) is 8.68. The zero-order valence-electron chi connectivity index (χ0n) is 11.8. The fourth-order valence-electron chi connectivity index (χ4n) is 3.31.